The number of aliphatic imine (C=N–C) groups is 1. The Morgan fingerprint density at radius 2 is 1.83 bits per heavy atom. The molecule has 1 rings (SSSR count). The quantitative estimate of drug-likeness (QED) is 0.326. The number of halogens is 1. The van der Waals surface area contributed by atoms with Gasteiger partial charge in [0.05, 0.1) is 0 Å². The summed E-state index contributed by atoms with van der Waals surface area (Å²) in [4.78, 5) is 4.73. The van der Waals surface area contributed by atoms with Gasteiger partial charge in [-0.2, -0.15) is 0 Å². The lowest BCUT2D eigenvalue weighted by Gasteiger charge is -2.21. The summed E-state index contributed by atoms with van der Waals surface area (Å²) in [5, 5.41) is 6.72. The SMILES string of the molecule is CCCCNC(=NCC1(C)CCCC1)NCC.I. The summed E-state index contributed by atoms with van der Waals surface area (Å²) in [5.74, 6) is 0.995. The van der Waals surface area contributed by atoms with Crippen LogP contribution in [-0.4, -0.2) is 25.6 Å². The van der Waals surface area contributed by atoms with Crippen molar-refractivity contribution in [3.8, 4) is 0 Å². The molecule has 18 heavy (non-hydrogen) atoms. The first-order chi connectivity index (χ1) is 8.20. The van der Waals surface area contributed by atoms with E-state index < -0.39 is 0 Å². The van der Waals surface area contributed by atoms with Gasteiger partial charge in [0, 0.05) is 19.6 Å². The van der Waals surface area contributed by atoms with Crippen LogP contribution >= 0.6 is 24.0 Å². The molecule has 0 heterocycles. The molecule has 0 aromatic heterocycles. The fourth-order valence-corrected chi connectivity index (χ4v) is 2.38. The maximum atomic E-state index is 4.73. The number of hydrogen-bond donors (Lipinski definition) is 2. The third kappa shape index (κ3) is 6.81. The predicted molar refractivity (Wildman–Crippen MR) is 90.9 cm³/mol. The van der Waals surface area contributed by atoms with Crippen LogP contribution in [0, 0.1) is 5.41 Å². The lowest BCUT2D eigenvalue weighted by Crippen LogP contribution is -2.38. The summed E-state index contributed by atoms with van der Waals surface area (Å²) in [6, 6.07) is 0. The Balaban J connectivity index is 0.00000289. The van der Waals surface area contributed by atoms with Crippen LogP contribution in [0.25, 0.3) is 0 Å². The van der Waals surface area contributed by atoms with Crippen LogP contribution in [0.4, 0.5) is 0 Å². The molecule has 0 unspecified atom stereocenters. The van der Waals surface area contributed by atoms with Crippen molar-refractivity contribution in [3.05, 3.63) is 0 Å². The molecule has 2 N–H and O–H groups in total. The van der Waals surface area contributed by atoms with Gasteiger partial charge in [-0.05, 0) is 31.6 Å². The number of unbranched alkanes of at least 4 members (excludes halogenated alkanes) is 1. The molecule has 0 aromatic rings. The number of hydrogen-bond acceptors (Lipinski definition) is 1. The fourth-order valence-electron chi connectivity index (χ4n) is 2.38. The molecule has 1 fully saturated rings. The molecule has 4 heteroatoms. The van der Waals surface area contributed by atoms with Gasteiger partial charge in [0.15, 0.2) is 5.96 Å². The van der Waals surface area contributed by atoms with E-state index in [1.54, 1.807) is 0 Å². The zero-order valence-electron chi connectivity index (χ0n) is 12.2. The highest BCUT2D eigenvalue weighted by molar-refractivity contribution is 14.0. The molecule has 3 nitrogen and oxygen atoms in total. The fraction of sp³-hybridized carbons (Fsp3) is 0.929. The lowest BCUT2D eigenvalue weighted by atomic mass is 9.89. The third-order valence-corrected chi connectivity index (χ3v) is 3.60. The average molecular weight is 367 g/mol. The normalized spacial score (nSPS) is 18.3. The standard InChI is InChI=1S/C14H29N3.HI/c1-4-6-11-16-13(15-5-2)17-12-14(3)9-7-8-10-14;/h4-12H2,1-3H3,(H2,15,16,17);1H. The second-order valence-corrected chi connectivity index (χ2v) is 5.49. The van der Waals surface area contributed by atoms with Gasteiger partial charge in [0.1, 0.15) is 0 Å². The summed E-state index contributed by atoms with van der Waals surface area (Å²) in [5.41, 5.74) is 0.451. The van der Waals surface area contributed by atoms with Crippen molar-refractivity contribution in [2.45, 2.75) is 59.3 Å². The van der Waals surface area contributed by atoms with Gasteiger partial charge in [0.2, 0.25) is 0 Å². The van der Waals surface area contributed by atoms with E-state index in [9.17, 15) is 0 Å². The summed E-state index contributed by atoms with van der Waals surface area (Å²) < 4.78 is 0. The summed E-state index contributed by atoms with van der Waals surface area (Å²) in [7, 11) is 0. The maximum absolute atomic E-state index is 4.73. The summed E-state index contributed by atoms with van der Waals surface area (Å²) in [6.07, 6.45) is 7.87. The second-order valence-electron chi connectivity index (χ2n) is 5.49. The molecule has 0 atom stereocenters. The van der Waals surface area contributed by atoms with Gasteiger partial charge in [0.25, 0.3) is 0 Å². The van der Waals surface area contributed by atoms with Gasteiger partial charge >= 0.3 is 0 Å². The topological polar surface area (TPSA) is 36.4 Å². The van der Waals surface area contributed by atoms with Gasteiger partial charge in [-0.25, -0.2) is 0 Å². The Morgan fingerprint density at radius 1 is 1.17 bits per heavy atom. The smallest absolute Gasteiger partial charge is 0.191 e. The molecular formula is C14H30IN3. The highest BCUT2D eigenvalue weighted by Crippen LogP contribution is 2.37. The summed E-state index contributed by atoms with van der Waals surface area (Å²) >= 11 is 0. The molecule has 0 aromatic carbocycles. The van der Waals surface area contributed by atoms with Crippen molar-refractivity contribution in [1.29, 1.82) is 0 Å². The van der Waals surface area contributed by atoms with Gasteiger partial charge < -0.3 is 10.6 Å². The van der Waals surface area contributed by atoms with E-state index in [1.165, 1.54) is 38.5 Å². The monoisotopic (exact) mass is 367 g/mol. The minimum absolute atomic E-state index is 0. The van der Waals surface area contributed by atoms with Crippen molar-refractivity contribution in [3.63, 3.8) is 0 Å². The Morgan fingerprint density at radius 3 is 2.39 bits per heavy atom. The molecule has 1 aliphatic carbocycles. The molecular weight excluding hydrogens is 337 g/mol. The van der Waals surface area contributed by atoms with Gasteiger partial charge in [-0.15, -0.1) is 24.0 Å². The molecule has 1 saturated carbocycles. The molecule has 1 aliphatic rings. The molecule has 0 spiro atoms. The van der Waals surface area contributed by atoms with Crippen molar-refractivity contribution >= 4 is 29.9 Å². The maximum Gasteiger partial charge on any atom is 0.191 e. The van der Waals surface area contributed by atoms with Crippen molar-refractivity contribution in [1.82, 2.24) is 10.6 Å². The van der Waals surface area contributed by atoms with Crippen LogP contribution in [0.2, 0.25) is 0 Å². The lowest BCUT2D eigenvalue weighted by molar-refractivity contribution is 0.350. The number of nitrogens with zero attached hydrogens (tertiary/aromatic N) is 1. The molecule has 0 radical (unpaired) electrons. The van der Waals surface area contributed by atoms with Crippen molar-refractivity contribution < 1.29 is 0 Å². The summed E-state index contributed by atoms with van der Waals surface area (Å²) in [6.45, 7) is 9.64. The first kappa shape index (κ1) is 18.0. The zero-order valence-corrected chi connectivity index (χ0v) is 14.5. The third-order valence-electron chi connectivity index (χ3n) is 3.60. The number of nitrogens with one attached hydrogen (secondary N) is 2. The molecule has 108 valence electrons. The Hall–Kier alpha value is 0. The zero-order chi connectivity index (χ0) is 12.6. The van der Waals surface area contributed by atoms with Gasteiger partial charge in [-0.1, -0.05) is 33.1 Å². The van der Waals surface area contributed by atoms with E-state index in [2.05, 4.69) is 31.4 Å². The van der Waals surface area contributed by atoms with Crippen LogP contribution < -0.4 is 10.6 Å². The number of rotatable bonds is 6. The Labute approximate surface area is 130 Å². The van der Waals surface area contributed by atoms with Crippen LogP contribution in [-0.2, 0) is 0 Å². The van der Waals surface area contributed by atoms with E-state index in [-0.39, 0.29) is 24.0 Å². The largest absolute Gasteiger partial charge is 0.357 e. The van der Waals surface area contributed by atoms with Crippen molar-refractivity contribution in [2.75, 3.05) is 19.6 Å². The van der Waals surface area contributed by atoms with E-state index in [4.69, 9.17) is 4.99 Å². The van der Waals surface area contributed by atoms with Crippen molar-refractivity contribution in [2.24, 2.45) is 10.4 Å². The predicted octanol–water partition coefficient (Wildman–Crippen LogP) is 3.54. The number of guanidine groups is 1. The second kappa shape index (κ2) is 9.87. The molecule has 0 aliphatic heterocycles. The highest BCUT2D eigenvalue weighted by atomic mass is 127. The highest BCUT2D eigenvalue weighted by Gasteiger charge is 2.28. The van der Waals surface area contributed by atoms with Crippen LogP contribution in [0.15, 0.2) is 4.99 Å². The molecule has 0 bridgehead atoms. The Kier molecular flexibility index (Phi) is 9.87. The van der Waals surface area contributed by atoms with Crippen LogP contribution in [0.3, 0.4) is 0 Å². The van der Waals surface area contributed by atoms with E-state index in [0.29, 0.717) is 5.41 Å². The van der Waals surface area contributed by atoms with E-state index in [0.717, 1.165) is 25.6 Å². The molecule has 0 amide bonds. The van der Waals surface area contributed by atoms with E-state index in [1.807, 2.05) is 0 Å². The first-order valence-electron chi connectivity index (χ1n) is 7.22. The minimum Gasteiger partial charge on any atom is -0.357 e. The average Bonchev–Trinajstić information content (AvgIpc) is 2.74. The van der Waals surface area contributed by atoms with Gasteiger partial charge in [-0.3, -0.25) is 4.99 Å². The Bertz CT molecular complexity index is 235. The molecule has 0 saturated heterocycles. The van der Waals surface area contributed by atoms with Crippen LogP contribution in [0.5, 0.6) is 0 Å². The first-order valence-corrected chi connectivity index (χ1v) is 7.22. The van der Waals surface area contributed by atoms with Crippen LogP contribution in [0.1, 0.15) is 59.3 Å². The minimum atomic E-state index is 0. The van der Waals surface area contributed by atoms with E-state index >= 15 is 0 Å².